The Morgan fingerprint density at radius 3 is 2.97 bits per heavy atom. The number of Topliss-reactive ketones (excluding diaryl/α,β-unsaturated/α-hetero) is 1. The molecule has 7 rings (SSSR count). The number of allylic oxidation sites excluding steroid dienone is 3. The molecule has 3 heteroatoms. The van der Waals surface area contributed by atoms with E-state index in [-0.39, 0.29) is 16.6 Å². The molecular weight excluding hydrogens is 382 g/mol. The topological polar surface area (TPSA) is 39.2 Å². The van der Waals surface area contributed by atoms with Crippen molar-refractivity contribution in [3.8, 4) is 0 Å². The first-order valence-corrected chi connectivity index (χ1v) is 11.7. The van der Waals surface area contributed by atoms with Gasteiger partial charge in [0.05, 0.1) is 11.2 Å². The Morgan fingerprint density at radius 2 is 2.03 bits per heavy atom. The van der Waals surface area contributed by atoms with Crippen molar-refractivity contribution in [2.24, 2.45) is 11.3 Å². The first-order chi connectivity index (χ1) is 15.0. The summed E-state index contributed by atoms with van der Waals surface area (Å²) in [5.41, 5.74) is 5.04. The number of pyridine rings is 1. The van der Waals surface area contributed by atoms with Gasteiger partial charge in [0, 0.05) is 42.0 Å². The zero-order chi connectivity index (χ0) is 20.8. The van der Waals surface area contributed by atoms with Gasteiger partial charge in [-0.15, -0.1) is 0 Å². The van der Waals surface area contributed by atoms with Crippen molar-refractivity contribution >= 4 is 22.1 Å². The van der Waals surface area contributed by atoms with Crippen molar-refractivity contribution in [2.45, 2.75) is 63.1 Å². The molecule has 156 valence electrons. The van der Waals surface area contributed by atoms with Crippen molar-refractivity contribution in [1.29, 1.82) is 0 Å². The standard InChI is InChI=1S/C28H27NO2/c1-26-10-8-22-15-21-4-5-23(30)16-27(21)11-12-28(22,31-27)25(26)7-6-24(26)19-3-2-18-9-13-29-17-20(18)14-19/h2-3,6,8-9,13-15,17,25H,4-5,7,10-12,16H2,1H3/t25-,26-,27-,28-/m1/s1. The molecule has 4 atom stereocenters. The maximum atomic E-state index is 12.4. The van der Waals surface area contributed by atoms with Crippen molar-refractivity contribution < 1.29 is 9.53 Å². The maximum absolute atomic E-state index is 12.4. The predicted molar refractivity (Wildman–Crippen MR) is 121 cm³/mol. The van der Waals surface area contributed by atoms with Gasteiger partial charge < -0.3 is 4.74 Å². The number of aromatic nitrogens is 1. The van der Waals surface area contributed by atoms with E-state index in [1.807, 2.05) is 12.4 Å². The maximum Gasteiger partial charge on any atom is 0.136 e. The largest absolute Gasteiger partial charge is 0.359 e. The van der Waals surface area contributed by atoms with E-state index in [9.17, 15) is 4.79 Å². The summed E-state index contributed by atoms with van der Waals surface area (Å²) >= 11 is 0. The molecule has 0 radical (unpaired) electrons. The third kappa shape index (κ3) is 2.23. The zero-order valence-corrected chi connectivity index (χ0v) is 18.0. The van der Waals surface area contributed by atoms with Gasteiger partial charge in [0.2, 0.25) is 0 Å². The van der Waals surface area contributed by atoms with Crippen molar-refractivity contribution in [1.82, 2.24) is 4.98 Å². The smallest absolute Gasteiger partial charge is 0.136 e. The molecule has 0 amide bonds. The van der Waals surface area contributed by atoms with E-state index >= 15 is 0 Å². The van der Waals surface area contributed by atoms with Crippen LogP contribution in [0.25, 0.3) is 16.3 Å². The van der Waals surface area contributed by atoms with Gasteiger partial charge in [-0.05, 0) is 71.9 Å². The molecule has 3 heterocycles. The Kier molecular flexibility index (Phi) is 3.40. The molecule has 3 aliphatic carbocycles. The van der Waals surface area contributed by atoms with Crippen LogP contribution < -0.4 is 0 Å². The average Bonchev–Trinajstić information content (AvgIpc) is 3.28. The molecule has 1 saturated carbocycles. The van der Waals surface area contributed by atoms with Crippen LogP contribution in [0.5, 0.6) is 0 Å². The number of benzene rings is 1. The molecule has 1 aromatic heterocycles. The van der Waals surface area contributed by atoms with Gasteiger partial charge in [0.15, 0.2) is 0 Å². The fourth-order valence-corrected chi connectivity index (χ4v) is 7.50. The van der Waals surface area contributed by atoms with Crippen LogP contribution in [-0.4, -0.2) is 22.0 Å². The van der Waals surface area contributed by atoms with Crippen LogP contribution in [0.15, 0.2) is 66.0 Å². The van der Waals surface area contributed by atoms with E-state index in [2.05, 4.69) is 54.4 Å². The van der Waals surface area contributed by atoms with E-state index in [0.29, 0.717) is 24.5 Å². The van der Waals surface area contributed by atoms with Crippen molar-refractivity contribution in [3.63, 3.8) is 0 Å². The molecule has 2 spiro atoms. The highest BCUT2D eigenvalue weighted by atomic mass is 16.5. The number of ketones is 1. The lowest BCUT2D eigenvalue weighted by Gasteiger charge is -2.53. The summed E-state index contributed by atoms with van der Waals surface area (Å²) in [5, 5.41) is 2.43. The highest BCUT2D eigenvalue weighted by Crippen LogP contribution is 2.67. The summed E-state index contributed by atoms with van der Waals surface area (Å²) in [6.07, 6.45) is 17.4. The lowest BCUT2D eigenvalue weighted by molar-refractivity contribution is -0.143. The van der Waals surface area contributed by atoms with E-state index < -0.39 is 0 Å². The number of rotatable bonds is 1. The van der Waals surface area contributed by atoms with Gasteiger partial charge in [0.1, 0.15) is 5.78 Å². The Balaban J connectivity index is 1.32. The first-order valence-electron chi connectivity index (χ1n) is 11.7. The van der Waals surface area contributed by atoms with Crippen LogP contribution in [-0.2, 0) is 9.53 Å². The lowest BCUT2D eigenvalue weighted by atomic mass is 9.58. The Bertz CT molecular complexity index is 1250. The van der Waals surface area contributed by atoms with Crippen LogP contribution in [0.3, 0.4) is 0 Å². The minimum absolute atomic E-state index is 0.0505. The molecule has 5 aliphatic rings. The van der Waals surface area contributed by atoms with Gasteiger partial charge in [-0.3, -0.25) is 9.78 Å². The highest BCUT2D eigenvalue weighted by Gasteiger charge is 2.65. The van der Waals surface area contributed by atoms with Crippen molar-refractivity contribution in [3.05, 3.63) is 71.6 Å². The van der Waals surface area contributed by atoms with Gasteiger partial charge in [0.25, 0.3) is 0 Å². The fraction of sp³-hybridized carbons (Fsp3) is 0.429. The zero-order valence-electron chi connectivity index (χ0n) is 18.0. The number of fused-ring (bicyclic) bond motifs is 2. The molecule has 2 bridgehead atoms. The monoisotopic (exact) mass is 409 g/mol. The molecule has 2 fully saturated rings. The number of hydrogen-bond donors (Lipinski definition) is 0. The van der Waals surface area contributed by atoms with E-state index in [1.54, 1.807) is 0 Å². The third-order valence-corrected chi connectivity index (χ3v) is 9.04. The van der Waals surface area contributed by atoms with Crippen LogP contribution in [0.2, 0.25) is 0 Å². The Morgan fingerprint density at radius 1 is 1.10 bits per heavy atom. The molecular formula is C28H27NO2. The second-order valence-electron chi connectivity index (χ2n) is 10.5. The fourth-order valence-electron chi connectivity index (χ4n) is 7.50. The molecule has 1 aromatic carbocycles. The third-order valence-electron chi connectivity index (χ3n) is 9.04. The lowest BCUT2D eigenvalue weighted by Crippen LogP contribution is -2.53. The molecule has 0 N–H and O–H groups in total. The number of carbonyl (C=O) groups excluding carboxylic acids is 1. The Labute approximate surface area is 182 Å². The second-order valence-corrected chi connectivity index (χ2v) is 10.5. The number of hydrogen-bond acceptors (Lipinski definition) is 3. The van der Waals surface area contributed by atoms with E-state index in [4.69, 9.17) is 4.74 Å². The predicted octanol–water partition coefficient (Wildman–Crippen LogP) is 5.96. The molecule has 31 heavy (non-hydrogen) atoms. The number of ether oxygens (including phenoxy) is 1. The summed E-state index contributed by atoms with van der Waals surface area (Å²) in [6, 6.07) is 8.86. The molecule has 0 unspecified atom stereocenters. The van der Waals surface area contributed by atoms with Crippen LogP contribution >= 0.6 is 0 Å². The average molecular weight is 410 g/mol. The molecule has 1 saturated heterocycles. The van der Waals surface area contributed by atoms with E-state index in [0.717, 1.165) is 32.1 Å². The summed E-state index contributed by atoms with van der Waals surface area (Å²) < 4.78 is 7.08. The minimum Gasteiger partial charge on any atom is -0.359 e. The summed E-state index contributed by atoms with van der Waals surface area (Å²) in [4.78, 5) is 16.7. The number of nitrogens with zero attached hydrogens (tertiary/aromatic N) is 1. The van der Waals surface area contributed by atoms with Gasteiger partial charge >= 0.3 is 0 Å². The minimum atomic E-state index is -0.317. The van der Waals surface area contributed by atoms with Crippen LogP contribution in [0.1, 0.15) is 57.4 Å². The van der Waals surface area contributed by atoms with Crippen LogP contribution in [0, 0.1) is 11.3 Å². The van der Waals surface area contributed by atoms with Gasteiger partial charge in [-0.2, -0.15) is 0 Å². The van der Waals surface area contributed by atoms with Crippen molar-refractivity contribution in [2.75, 3.05) is 0 Å². The quantitative estimate of drug-likeness (QED) is 0.584. The summed E-state index contributed by atoms with van der Waals surface area (Å²) in [7, 11) is 0. The summed E-state index contributed by atoms with van der Waals surface area (Å²) in [6.45, 7) is 2.44. The molecule has 3 nitrogen and oxygen atoms in total. The van der Waals surface area contributed by atoms with Gasteiger partial charge in [-0.1, -0.05) is 37.3 Å². The normalized spacial score (nSPS) is 38.2. The second kappa shape index (κ2) is 5.83. The van der Waals surface area contributed by atoms with Crippen LogP contribution in [0.4, 0.5) is 0 Å². The molecule has 2 aromatic rings. The number of carbonyl (C=O) groups is 1. The molecule has 2 aliphatic heterocycles. The highest BCUT2D eigenvalue weighted by molar-refractivity contribution is 5.87. The summed E-state index contributed by atoms with van der Waals surface area (Å²) in [5.74, 6) is 0.795. The van der Waals surface area contributed by atoms with Gasteiger partial charge in [-0.25, -0.2) is 0 Å². The SMILES string of the molecule is C[C@]12CC=C3C=C4CCC(=O)C[C@]45CC[C@]3(O5)[C@@H]1CC=C2c1ccc2ccncc2c1. The van der Waals surface area contributed by atoms with E-state index in [1.165, 1.54) is 33.1 Å². The first kappa shape index (κ1) is 18.1. The Hall–Kier alpha value is -2.52.